The van der Waals surface area contributed by atoms with Crippen LogP contribution in [0.5, 0.6) is 0 Å². The fourth-order valence-corrected chi connectivity index (χ4v) is 4.35. The summed E-state index contributed by atoms with van der Waals surface area (Å²) in [6.45, 7) is 4.11. The van der Waals surface area contributed by atoms with Crippen molar-refractivity contribution < 1.29 is 4.79 Å². The van der Waals surface area contributed by atoms with Gasteiger partial charge in [0, 0.05) is 50.7 Å². The number of piperazine rings is 1. The van der Waals surface area contributed by atoms with E-state index in [0.717, 1.165) is 21.4 Å². The molecule has 0 N–H and O–H groups in total. The molecule has 1 aliphatic heterocycles. The molecule has 1 saturated heterocycles. The Labute approximate surface area is 201 Å². The molecule has 3 heterocycles. The fourth-order valence-electron chi connectivity index (χ4n) is 4.35. The molecule has 0 atom stereocenters. The highest BCUT2D eigenvalue weighted by molar-refractivity contribution is 5.78. The Hall–Kier alpha value is -4.27. The molecule has 9 heteroatoms. The van der Waals surface area contributed by atoms with Gasteiger partial charge in [-0.05, 0) is 19.1 Å². The molecule has 1 aliphatic rings. The monoisotopic (exact) mass is 470 g/mol. The number of nitrogens with zero attached hydrogens (tertiary/aromatic N) is 6. The van der Waals surface area contributed by atoms with E-state index >= 15 is 0 Å². The van der Waals surface area contributed by atoms with Crippen LogP contribution in [0.3, 0.4) is 0 Å². The maximum absolute atomic E-state index is 13.1. The Kier molecular flexibility index (Phi) is 5.90. The number of fused-ring (bicyclic) bond motifs is 1. The summed E-state index contributed by atoms with van der Waals surface area (Å²) in [5.74, 6) is 0.172. The topological polar surface area (TPSA) is 93.3 Å². The van der Waals surface area contributed by atoms with Crippen LogP contribution in [0.1, 0.15) is 5.56 Å². The summed E-state index contributed by atoms with van der Waals surface area (Å²) in [5, 5.41) is 0.199. The Bertz CT molecular complexity index is 1500. The quantitative estimate of drug-likeness (QED) is 0.452. The summed E-state index contributed by atoms with van der Waals surface area (Å²) in [7, 11) is 1.55. The first-order valence-electron chi connectivity index (χ1n) is 11.5. The number of aromatic nitrogens is 4. The van der Waals surface area contributed by atoms with E-state index in [1.807, 2.05) is 61.5 Å². The van der Waals surface area contributed by atoms with E-state index in [-0.39, 0.29) is 23.5 Å². The van der Waals surface area contributed by atoms with Gasteiger partial charge in [0.2, 0.25) is 5.91 Å². The zero-order chi connectivity index (χ0) is 24.5. The molecule has 0 radical (unpaired) electrons. The first-order chi connectivity index (χ1) is 16.9. The van der Waals surface area contributed by atoms with E-state index in [2.05, 4.69) is 14.9 Å². The number of anilines is 1. The molecule has 2 aromatic carbocycles. The van der Waals surface area contributed by atoms with Crippen molar-refractivity contribution in [3.8, 4) is 11.4 Å². The molecule has 4 aromatic rings. The number of aryl methyl sites for hydroxylation is 2. The minimum atomic E-state index is -0.577. The van der Waals surface area contributed by atoms with Gasteiger partial charge in [0.1, 0.15) is 11.9 Å². The molecule has 178 valence electrons. The van der Waals surface area contributed by atoms with Crippen LogP contribution in [0.4, 0.5) is 5.69 Å². The molecular formula is C26H26N6O3. The lowest BCUT2D eigenvalue weighted by molar-refractivity contribution is -0.132. The number of carbonyl (C=O) groups excluding carboxylic acids is 1. The summed E-state index contributed by atoms with van der Waals surface area (Å²) in [5.41, 5.74) is 2.12. The van der Waals surface area contributed by atoms with E-state index in [1.165, 1.54) is 10.8 Å². The lowest BCUT2D eigenvalue weighted by Crippen LogP contribution is -2.51. The first-order valence-corrected chi connectivity index (χ1v) is 11.5. The molecule has 0 saturated carbocycles. The van der Waals surface area contributed by atoms with Crippen molar-refractivity contribution in [1.29, 1.82) is 0 Å². The van der Waals surface area contributed by atoms with Crippen molar-refractivity contribution in [2.45, 2.75) is 13.5 Å². The number of rotatable bonds is 4. The van der Waals surface area contributed by atoms with E-state index in [0.29, 0.717) is 32.0 Å². The molecule has 0 unspecified atom stereocenters. The van der Waals surface area contributed by atoms with Gasteiger partial charge in [0.05, 0.1) is 0 Å². The zero-order valence-corrected chi connectivity index (χ0v) is 19.7. The summed E-state index contributed by atoms with van der Waals surface area (Å²) >= 11 is 0. The molecule has 5 rings (SSSR count). The Morgan fingerprint density at radius 3 is 2.31 bits per heavy atom. The van der Waals surface area contributed by atoms with Crippen LogP contribution >= 0.6 is 0 Å². The number of para-hydroxylation sites is 1. The van der Waals surface area contributed by atoms with Crippen molar-refractivity contribution in [2.24, 2.45) is 7.05 Å². The van der Waals surface area contributed by atoms with Crippen LogP contribution in [-0.4, -0.2) is 56.1 Å². The number of benzene rings is 2. The average molecular weight is 471 g/mol. The van der Waals surface area contributed by atoms with Crippen molar-refractivity contribution in [1.82, 2.24) is 24.0 Å². The van der Waals surface area contributed by atoms with Gasteiger partial charge in [-0.25, -0.2) is 14.8 Å². The van der Waals surface area contributed by atoms with Gasteiger partial charge >= 0.3 is 5.69 Å². The van der Waals surface area contributed by atoms with E-state index in [9.17, 15) is 14.4 Å². The molecule has 1 fully saturated rings. The van der Waals surface area contributed by atoms with E-state index < -0.39 is 11.2 Å². The van der Waals surface area contributed by atoms with Crippen LogP contribution in [-0.2, 0) is 18.4 Å². The maximum atomic E-state index is 13.1. The number of hydrogen-bond acceptors (Lipinski definition) is 6. The van der Waals surface area contributed by atoms with Crippen LogP contribution in [0.15, 0.2) is 70.4 Å². The molecular weight excluding hydrogens is 444 g/mol. The van der Waals surface area contributed by atoms with Crippen LogP contribution in [0, 0.1) is 6.92 Å². The number of amides is 1. The molecule has 0 bridgehead atoms. The minimum absolute atomic E-state index is 0.199. The molecule has 0 spiro atoms. The van der Waals surface area contributed by atoms with Gasteiger partial charge in [-0.1, -0.05) is 48.0 Å². The number of hydrogen-bond donors (Lipinski definition) is 0. The highest BCUT2D eigenvalue weighted by Gasteiger charge is 2.23. The molecule has 9 nitrogen and oxygen atoms in total. The second-order valence-corrected chi connectivity index (χ2v) is 8.73. The predicted octanol–water partition coefficient (Wildman–Crippen LogP) is 1.81. The lowest BCUT2D eigenvalue weighted by Gasteiger charge is -2.36. The van der Waals surface area contributed by atoms with Gasteiger partial charge in [-0.3, -0.25) is 18.7 Å². The summed E-state index contributed by atoms with van der Waals surface area (Å²) < 4.78 is 2.28. The molecule has 1 amide bonds. The van der Waals surface area contributed by atoms with Crippen LogP contribution in [0.2, 0.25) is 0 Å². The van der Waals surface area contributed by atoms with Gasteiger partial charge in [-0.15, -0.1) is 0 Å². The second-order valence-electron chi connectivity index (χ2n) is 8.73. The Balaban J connectivity index is 1.38. The van der Waals surface area contributed by atoms with E-state index in [1.54, 1.807) is 11.9 Å². The molecule has 2 aromatic heterocycles. The smallest absolute Gasteiger partial charge is 0.332 e. The van der Waals surface area contributed by atoms with Gasteiger partial charge in [-0.2, -0.15) is 0 Å². The third kappa shape index (κ3) is 4.32. The fraction of sp³-hybridized carbons (Fsp3) is 0.269. The predicted molar refractivity (Wildman–Crippen MR) is 134 cm³/mol. The van der Waals surface area contributed by atoms with Gasteiger partial charge < -0.3 is 9.80 Å². The highest BCUT2D eigenvalue weighted by atomic mass is 16.2. The number of carbonyl (C=O) groups is 1. The molecule has 0 aliphatic carbocycles. The van der Waals surface area contributed by atoms with Crippen molar-refractivity contribution in [3.63, 3.8) is 0 Å². The lowest BCUT2D eigenvalue weighted by atomic mass is 10.1. The van der Waals surface area contributed by atoms with Crippen molar-refractivity contribution in [3.05, 3.63) is 87.2 Å². The Morgan fingerprint density at radius 1 is 0.943 bits per heavy atom. The van der Waals surface area contributed by atoms with Gasteiger partial charge in [0.15, 0.2) is 11.5 Å². The van der Waals surface area contributed by atoms with Crippen LogP contribution < -0.4 is 16.1 Å². The summed E-state index contributed by atoms with van der Waals surface area (Å²) in [6, 6.07) is 17.7. The SMILES string of the molecule is Cc1ccc(-c2ncc3c(=O)n(CC(=O)N4CCN(c5ccccc5)CC4)c(=O)n(C)c3n2)cc1. The average Bonchev–Trinajstić information content (AvgIpc) is 2.90. The Morgan fingerprint density at radius 2 is 1.63 bits per heavy atom. The van der Waals surface area contributed by atoms with Crippen LogP contribution in [0.25, 0.3) is 22.4 Å². The normalized spacial score (nSPS) is 13.9. The second kappa shape index (κ2) is 9.17. The van der Waals surface area contributed by atoms with E-state index in [4.69, 9.17) is 0 Å². The van der Waals surface area contributed by atoms with Crippen molar-refractivity contribution in [2.75, 3.05) is 31.1 Å². The largest absolute Gasteiger partial charge is 0.368 e. The third-order valence-corrected chi connectivity index (χ3v) is 6.44. The zero-order valence-electron chi connectivity index (χ0n) is 19.7. The minimum Gasteiger partial charge on any atom is -0.368 e. The van der Waals surface area contributed by atoms with Crippen molar-refractivity contribution >= 4 is 22.6 Å². The standard InChI is InChI=1S/C26H26N6O3/c1-18-8-10-19(11-9-18)23-27-16-21-24(28-23)29(2)26(35)32(25(21)34)17-22(33)31-14-12-30(13-15-31)20-6-4-3-5-7-20/h3-11,16H,12-15,17H2,1-2H3. The maximum Gasteiger partial charge on any atom is 0.332 e. The summed E-state index contributed by atoms with van der Waals surface area (Å²) in [6.07, 6.45) is 1.43. The molecule has 35 heavy (non-hydrogen) atoms. The highest BCUT2D eigenvalue weighted by Crippen LogP contribution is 2.18. The third-order valence-electron chi connectivity index (χ3n) is 6.44. The van der Waals surface area contributed by atoms with Gasteiger partial charge in [0.25, 0.3) is 5.56 Å². The first kappa shape index (κ1) is 22.5. The summed E-state index contributed by atoms with van der Waals surface area (Å²) in [4.78, 5) is 51.9.